The molecule has 0 radical (unpaired) electrons. The Kier molecular flexibility index (Phi) is 3.81. The van der Waals surface area contributed by atoms with Gasteiger partial charge in [0, 0.05) is 0 Å². The molecule has 24 heavy (non-hydrogen) atoms. The highest BCUT2D eigenvalue weighted by Crippen LogP contribution is 2.47. The third-order valence-electron chi connectivity index (χ3n) is 4.67. The molecule has 1 aromatic carbocycles. The number of rotatable bonds is 3. The minimum absolute atomic E-state index is 0.248. The molecule has 1 aliphatic rings. The normalized spacial score (nSPS) is 16.6. The quantitative estimate of drug-likeness (QED) is 0.767. The number of halogens is 2. The monoisotopic (exact) mass is 362 g/mol. The number of hydrogen-bond acceptors (Lipinski definition) is 4. The van der Waals surface area contributed by atoms with Crippen molar-refractivity contribution in [2.24, 2.45) is 0 Å². The molecule has 0 amide bonds. The zero-order valence-electron chi connectivity index (χ0n) is 13.1. The van der Waals surface area contributed by atoms with E-state index in [1.165, 1.54) is 6.33 Å². The summed E-state index contributed by atoms with van der Waals surface area (Å²) in [5.74, 6) is 2.14. The van der Waals surface area contributed by atoms with Gasteiger partial charge < -0.3 is 0 Å². The first-order chi connectivity index (χ1) is 11.6. The van der Waals surface area contributed by atoms with Crippen molar-refractivity contribution in [2.75, 3.05) is 0 Å². The summed E-state index contributed by atoms with van der Waals surface area (Å²) in [6.07, 6.45) is 5.69. The zero-order valence-corrected chi connectivity index (χ0v) is 14.6. The molecule has 2 heterocycles. The Hall–Kier alpha value is -1.92. The summed E-state index contributed by atoms with van der Waals surface area (Å²) in [5.41, 5.74) is 0.866. The molecule has 0 spiro atoms. The van der Waals surface area contributed by atoms with E-state index in [4.69, 9.17) is 28.2 Å². The van der Waals surface area contributed by atoms with Crippen LogP contribution in [0.15, 0.2) is 24.5 Å². The summed E-state index contributed by atoms with van der Waals surface area (Å²) in [4.78, 5) is 8.97. The molecule has 2 aromatic heterocycles. The van der Waals surface area contributed by atoms with Gasteiger partial charge in [-0.2, -0.15) is 14.8 Å². The van der Waals surface area contributed by atoms with Crippen LogP contribution in [0.5, 0.6) is 0 Å². The molecule has 1 fully saturated rings. The van der Waals surface area contributed by atoms with E-state index >= 15 is 0 Å². The van der Waals surface area contributed by atoms with Crippen LogP contribution in [0.4, 0.5) is 0 Å². The van der Waals surface area contributed by atoms with Gasteiger partial charge in [-0.05, 0) is 37.5 Å². The average Bonchev–Trinajstić information content (AvgIpc) is 3.29. The molecule has 124 valence electrons. The largest absolute Gasteiger partial charge is 0.248 e. The van der Waals surface area contributed by atoms with Crippen LogP contribution in [0.25, 0.3) is 5.95 Å². The van der Waals surface area contributed by atoms with Crippen LogP contribution in [-0.2, 0) is 5.41 Å². The summed E-state index contributed by atoms with van der Waals surface area (Å²) >= 11 is 12.4. The molecular weight excluding hydrogens is 347 g/mol. The molecule has 1 aliphatic carbocycles. The third kappa shape index (κ3) is 2.41. The number of nitrogens with one attached hydrogen (secondary N) is 1. The van der Waals surface area contributed by atoms with Crippen molar-refractivity contribution in [2.45, 2.75) is 38.0 Å². The topological polar surface area (TPSA) is 72.3 Å². The van der Waals surface area contributed by atoms with E-state index in [0.29, 0.717) is 21.8 Å². The molecular formula is C16H16Cl2N6. The predicted molar refractivity (Wildman–Crippen MR) is 91.7 cm³/mol. The van der Waals surface area contributed by atoms with Crippen molar-refractivity contribution in [3.63, 3.8) is 0 Å². The fraction of sp³-hybridized carbons (Fsp3) is 0.375. The number of hydrogen-bond donors (Lipinski definition) is 1. The molecule has 0 aliphatic heterocycles. The second kappa shape index (κ2) is 5.86. The van der Waals surface area contributed by atoms with Crippen molar-refractivity contribution < 1.29 is 0 Å². The highest BCUT2D eigenvalue weighted by atomic mass is 35.5. The first-order valence-electron chi connectivity index (χ1n) is 7.85. The van der Waals surface area contributed by atoms with Crippen LogP contribution in [-0.4, -0.2) is 29.9 Å². The van der Waals surface area contributed by atoms with Crippen LogP contribution >= 0.6 is 23.2 Å². The molecule has 0 atom stereocenters. The average molecular weight is 363 g/mol. The minimum Gasteiger partial charge on any atom is -0.244 e. The van der Waals surface area contributed by atoms with E-state index in [9.17, 15) is 0 Å². The maximum absolute atomic E-state index is 6.28. The Balaban J connectivity index is 1.92. The van der Waals surface area contributed by atoms with Gasteiger partial charge in [0.15, 0.2) is 0 Å². The van der Waals surface area contributed by atoms with Gasteiger partial charge in [0.1, 0.15) is 18.0 Å². The Morgan fingerprint density at radius 2 is 1.96 bits per heavy atom. The van der Waals surface area contributed by atoms with Crippen molar-refractivity contribution in [1.82, 2.24) is 29.9 Å². The first kappa shape index (κ1) is 15.6. The van der Waals surface area contributed by atoms with E-state index in [1.807, 2.05) is 25.1 Å². The fourth-order valence-corrected chi connectivity index (χ4v) is 3.89. The van der Waals surface area contributed by atoms with Gasteiger partial charge in [0.2, 0.25) is 5.95 Å². The summed E-state index contributed by atoms with van der Waals surface area (Å²) in [6.45, 7) is 1.88. The number of nitrogens with zero attached hydrogens (tertiary/aromatic N) is 5. The molecule has 0 bridgehead atoms. The molecule has 4 rings (SSSR count). The van der Waals surface area contributed by atoms with E-state index in [-0.39, 0.29) is 5.41 Å². The standard InChI is InChI=1S/C16H16Cl2N6/c1-10-21-14(24(23-10)15-19-9-20-22-15)16(6-2-3-7-16)11-4-5-12(17)13(18)8-11/h4-5,8-9H,2-3,6-7H2,1H3,(H,19,20,22). The lowest BCUT2D eigenvalue weighted by atomic mass is 9.78. The molecule has 0 saturated heterocycles. The Labute approximate surface area is 149 Å². The molecule has 6 nitrogen and oxygen atoms in total. The molecule has 3 aromatic rings. The van der Waals surface area contributed by atoms with Crippen molar-refractivity contribution in [3.8, 4) is 5.95 Å². The van der Waals surface area contributed by atoms with Gasteiger partial charge in [-0.3, -0.25) is 0 Å². The van der Waals surface area contributed by atoms with E-state index < -0.39 is 0 Å². The van der Waals surface area contributed by atoms with E-state index in [2.05, 4.69) is 20.3 Å². The Bertz CT molecular complexity index is 865. The molecule has 1 saturated carbocycles. The summed E-state index contributed by atoms with van der Waals surface area (Å²) < 4.78 is 1.76. The maximum Gasteiger partial charge on any atom is 0.248 e. The number of aryl methyl sites for hydroxylation is 1. The van der Waals surface area contributed by atoms with E-state index in [0.717, 1.165) is 37.1 Å². The molecule has 0 unspecified atom stereocenters. The van der Waals surface area contributed by atoms with Crippen molar-refractivity contribution in [1.29, 1.82) is 0 Å². The SMILES string of the molecule is Cc1nc(C2(c3ccc(Cl)c(Cl)c3)CCCC2)n(-c2ncn[nH]2)n1. The van der Waals surface area contributed by atoms with Crippen LogP contribution in [0, 0.1) is 6.92 Å². The summed E-state index contributed by atoms with van der Waals surface area (Å²) in [7, 11) is 0. The zero-order chi connectivity index (χ0) is 16.7. The first-order valence-corrected chi connectivity index (χ1v) is 8.61. The predicted octanol–water partition coefficient (Wildman–Crippen LogP) is 3.86. The molecule has 1 N–H and O–H groups in total. The van der Waals surface area contributed by atoms with Gasteiger partial charge in [-0.1, -0.05) is 42.1 Å². The van der Waals surface area contributed by atoms with Gasteiger partial charge in [0.25, 0.3) is 0 Å². The second-order valence-corrected chi connectivity index (χ2v) is 6.94. The number of H-pyrrole nitrogens is 1. The Morgan fingerprint density at radius 1 is 1.17 bits per heavy atom. The smallest absolute Gasteiger partial charge is 0.244 e. The van der Waals surface area contributed by atoms with Crippen LogP contribution < -0.4 is 0 Å². The van der Waals surface area contributed by atoms with Crippen molar-refractivity contribution >= 4 is 23.2 Å². The lowest BCUT2D eigenvalue weighted by Crippen LogP contribution is -2.28. The second-order valence-electron chi connectivity index (χ2n) is 6.12. The highest BCUT2D eigenvalue weighted by molar-refractivity contribution is 6.42. The third-order valence-corrected chi connectivity index (χ3v) is 5.41. The van der Waals surface area contributed by atoms with Crippen LogP contribution in [0.3, 0.4) is 0 Å². The van der Waals surface area contributed by atoms with Crippen LogP contribution in [0.2, 0.25) is 10.0 Å². The lowest BCUT2D eigenvalue weighted by Gasteiger charge is -2.28. The number of aromatic amines is 1. The molecule has 8 heteroatoms. The van der Waals surface area contributed by atoms with Gasteiger partial charge >= 0.3 is 0 Å². The van der Waals surface area contributed by atoms with Gasteiger partial charge in [-0.25, -0.2) is 10.1 Å². The highest BCUT2D eigenvalue weighted by Gasteiger charge is 2.42. The maximum atomic E-state index is 6.28. The summed E-state index contributed by atoms with van der Waals surface area (Å²) in [6, 6.07) is 5.83. The van der Waals surface area contributed by atoms with E-state index in [1.54, 1.807) is 4.68 Å². The summed E-state index contributed by atoms with van der Waals surface area (Å²) in [5, 5.41) is 12.4. The minimum atomic E-state index is -0.248. The van der Waals surface area contributed by atoms with Gasteiger partial charge in [-0.15, -0.1) is 5.10 Å². The fourth-order valence-electron chi connectivity index (χ4n) is 3.59. The number of benzene rings is 1. The number of aromatic nitrogens is 6. The van der Waals surface area contributed by atoms with Crippen molar-refractivity contribution in [3.05, 3.63) is 51.8 Å². The van der Waals surface area contributed by atoms with Gasteiger partial charge in [0.05, 0.1) is 15.5 Å². The van der Waals surface area contributed by atoms with Crippen LogP contribution in [0.1, 0.15) is 42.9 Å². The Morgan fingerprint density at radius 3 is 2.62 bits per heavy atom. The lowest BCUT2D eigenvalue weighted by molar-refractivity contribution is 0.481.